The van der Waals surface area contributed by atoms with Crippen molar-refractivity contribution in [1.29, 1.82) is 0 Å². The number of hydrogen-bond acceptors (Lipinski definition) is 4. The van der Waals surface area contributed by atoms with Gasteiger partial charge < -0.3 is 4.57 Å². The van der Waals surface area contributed by atoms with Crippen molar-refractivity contribution >= 4 is 17.9 Å². The largest absolute Gasteiger partial charge is 0.325 e. The monoisotopic (exact) mass is 327 g/mol. The van der Waals surface area contributed by atoms with Crippen LogP contribution in [0.25, 0.3) is 11.4 Å². The molecule has 0 saturated heterocycles. The van der Waals surface area contributed by atoms with Crippen molar-refractivity contribution in [3.63, 3.8) is 0 Å². The molecule has 1 aromatic heterocycles. The molecule has 0 radical (unpaired) electrons. The van der Waals surface area contributed by atoms with Crippen LogP contribution < -0.4 is 0 Å². The van der Waals surface area contributed by atoms with Crippen LogP contribution in [0.4, 0.5) is 5.69 Å². The lowest BCUT2D eigenvalue weighted by atomic mass is 9.96. The van der Waals surface area contributed by atoms with E-state index < -0.39 is 4.92 Å². The first-order chi connectivity index (χ1) is 11.1. The molecule has 0 fully saturated rings. The lowest BCUT2D eigenvalue weighted by molar-refractivity contribution is -0.384. The average Bonchev–Trinajstić information content (AvgIpc) is 2.57. The molecule has 5 nitrogen and oxygen atoms in total. The zero-order chi connectivity index (χ0) is 16.4. The molecule has 1 heterocycles. The zero-order valence-electron chi connectivity index (χ0n) is 12.7. The third-order valence-corrected chi connectivity index (χ3v) is 4.45. The Kier molecular flexibility index (Phi) is 4.34. The van der Waals surface area contributed by atoms with Gasteiger partial charge in [0.05, 0.1) is 4.92 Å². The minimum atomic E-state index is -0.394. The van der Waals surface area contributed by atoms with E-state index in [2.05, 4.69) is 16.1 Å². The van der Waals surface area contributed by atoms with Crippen molar-refractivity contribution in [3.05, 3.63) is 62.9 Å². The van der Waals surface area contributed by atoms with Gasteiger partial charge in [-0.3, -0.25) is 10.1 Å². The van der Waals surface area contributed by atoms with Gasteiger partial charge >= 0.3 is 0 Å². The molecular weight excluding hydrogens is 310 g/mol. The normalized spacial score (nSPS) is 13.4. The molecule has 1 aromatic carbocycles. The number of nitro benzene ring substituents is 1. The zero-order valence-corrected chi connectivity index (χ0v) is 13.5. The molecule has 0 amide bonds. The molecule has 118 valence electrons. The molecule has 2 aromatic rings. The summed E-state index contributed by atoms with van der Waals surface area (Å²) < 4.78 is 2.71. The summed E-state index contributed by atoms with van der Waals surface area (Å²) in [6, 6.07) is 6.54. The van der Waals surface area contributed by atoms with Crippen LogP contribution in [0, 0.1) is 14.8 Å². The number of hydrogen-bond donors (Lipinski definition) is 0. The van der Waals surface area contributed by atoms with E-state index in [1.807, 2.05) is 12.1 Å². The fourth-order valence-electron chi connectivity index (χ4n) is 3.07. The number of nitrogens with zero attached hydrogens (tertiary/aromatic N) is 3. The fourth-order valence-corrected chi connectivity index (χ4v) is 3.38. The Bertz CT molecular complexity index is 842. The lowest BCUT2D eigenvalue weighted by Gasteiger charge is -2.23. The summed E-state index contributed by atoms with van der Waals surface area (Å²) in [6.07, 6.45) is 5.98. The number of allylic oxidation sites excluding steroid dienone is 1. The number of rotatable bonds is 4. The van der Waals surface area contributed by atoms with Gasteiger partial charge in [-0.05, 0) is 25.7 Å². The van der Waals surface area contributed by atoms with Crippen LogP contribution in [0.2, 0.25) is 0 Å². The van der Waals surface area contributed by atoms with Gasteiger partial charge in [0.2, 0.25) is 0 Å². The second-order valence-corrected chi connectivity index (χ2v) is 5.97. The second-order valence-electron chi connectivity index (χ2n) is 5.58. The predicted octanol–water partition coefficient (Wildman–Crippen LogP) is 4.25. The molecule has 0 saturated carbocycles. The molecule has 1 aliphatic rings. The van der Waals surface area contributed by atoms with Gasteiger partial charge in [0.1, 0.15) is 10.5 Å². The number of non-ortho nitro benzene ring substituents is 1. The van der Waals surface area contributed by atoms with Crippen molar-refractivity contribution in [2.45, 2.75) is 32.2 Å². The van der Waals surface area contributed by atoms with E-state index in [1.165, 1.54) is 11.8 Å². The Morgan fingerprint density at radius 1 is 1.39 bits per heavy atom. The van der Waals surface area contributed by atoms with Gasteiger partial charge in [-0.15, -0.1) is 6.58 Å². The molecule has 0 atom stereocenters. The smallest absolute Gasteiger partial charge is 0.270 e. The van der Waals surface area contributed by atoms with Crippen molar-refractivity contribution in [2.24, 2.45) is 0 Å². The maximum atomic E-state index is 11.0. The first kappa shape index (κ1) is 15.6. The molecule has 6 heteroatoms. The third-order valence-electron chi connectivity index (χ3n) is 4.11. The van der Waals surface area contributed by atoms with Gasteiger partial charge in [0.15, 0.2) is 0 Å². The van der Waals surface area contributed by atoms with Crippen LogP contribution in [-0.4, -0.2) is 14.5 Å². The van der Waals surface area contributed by atoms with Crippen LogP contribution in [0.3, 0.4) is 0 Å². The maximum Gasteiger partial charge on any atom is 0.270 e. The van der Waals surface area contributed by atoms with Gasteiger partial charge in [-0.1, -0.05) is 30.4 Å². The Hall–Kier alpha value is -2.34. The first-order valence-corrected chi connectivity index (χ1v) is 8.01. The van der Waals surface area contributed by atoms with Crippen LogP contribution in [-0.2, 0) is 19.4 Å². The first-order valence-electron chi connectivity index (χ1n) is 7.60. The van der Waals surface area contributed by atoms with E-state index in [9.17, 15) is 10.1 Å². The van der Waals surface area contributed by atoms with E-state index in [0.29, 0.717) is 22.6 Å². The fraction of sp³-hybridized carbons (Fsp3) is 0.294. The number of benzene rings is 1. The van der Waals surface area contributed by atoms with E-state index in [0.717, 1.165) is 31.2 Å². The van der Waals surface area contributed by atoms with Gasteiger partial charge in [-0.25, -0.2) is 4.98 Å². The summed E-state index contributed by atoms with van der Waals surface area (Å²) in [5.74, 6) is 0.680. The molecule has 3 rings (SSSR count). The summed E-state index contributed by atoms with van der Waals surface area (Å²) in [5, 5.41) is 11.0. The van der Waals surface area contributed by atoms with E-state index in [4.69, 9.17) is 12.2 Å². The molecule has 0 unspecified atom stereocenters. The molecule has 1 aliphatic carbocycles. The number of aromatic nitrogens is 2. The quantitative estimate of drug-likeness (QED) is 0.364. The van der Waals surface area contributed by atoms with Gasteiger partial charge in [0.25, 0.3) is 5.69 Å². The molecular formula is C17H17N3O2S. The third kappa shape index (κ3) is 2.94. The van der Waals surface area contributed by atoms with E-state index >= 15 is 0 Å². The van der Waals surface area contributed by atoms with Crippen LogP contribution in [0.1, 0.15) is 24.1 Å². The highest BCUT2D eigenvalue weighted by molar-refractivity contribution is 7.71. The van der Waals surface area contributed by atoms with Gasteiger partial charge in [0, 0.05) is 35.5 Å². The highest BCUT2D eigenvalue weighted by Gasteiger charge is 2.19. The van der Waals surface area contributed by atoms with Crippen molar-refractivity contribution < 1.29 is 4.92 Å². The number of nitro groups is 1. The topological polar surface area (TPSA) is 61.0 Å². The lowest BCUT2D eigenvalue weighted by Crippen LogP contribution is -2.17. The van der Waals surface area contributed by atoms with Crippen molar-refractivity contribution in [2.75, 3.05) is 0 Å². The minimum absolute atomic E-state index is 0.0538. The standard InChI is InChI=1S/C17H17N3O2S/c1-2-10-19-15-9-4-3-8-14(15)17(23)18-16(19)12-6-5-7-13(11-12)20(21)22/h2,5-7,11H,1,3-4,8-10H2. The summed E-state index contributed by atoms with van der Waals surface area (Å²) in [4.78, 5) is 15.2. The van der Waals surface area contributed by atoms with Crippen LogP contribution in [0.5, 0.6) is 0 Å². The van der Waals surface area contributed by atoms with Crippen molar-refractivity contribution in [3.8, 4) is 11.4 Å². The van der Waals surface area contributed by atoms with Crippen LogP contribution >= 0.6 is 12.2 Å². The summed E-state index contributed by atoms with van der Waals surface area (Å²) in [6.45, 7) is 4.44. The van der Waals surface area contributed by atoms with Gasteiger partial charge in [-0.2, -0.15) is 0 Å². The van der Waals surface area contributed by atoms with E-state index in [-0.39, 0.29) is 5.69 Å². The summed E-state index contributed by atoms with van der Waals surface area (Å²) in [5.41, 5.74) is 3.10. The van der Waals surface area contributed by atoms with Crippen LogP contribution in [0.15, 0.2) is 36.9 Å². The Labute approximate surface area is 139 Å². The SMILES string of the molecule is C=CCn1c(-c2cccc([N+](=O)[O-])c2)nc(=S)c2c1CCCC2. The minimum Gasteiger partial charge on any atom is -0.325 e. The highest BCUT2D eigenvalue weighted by atomic mass is 32.1. The molecule has 23 heavy (non-hydrogen) atoms. The Morgan fingerprint density at radius 3 is 2.91 bits per heavy atom. The summed E-state index contributed by atoms with van der Waals surface area (Å²) in [7, 11) is 0. The highest BCUT2D eigenvalue weighted by Crippen LogP contribution is 2.28. The molecule has 0 N–H and O–H groups in total. The second kappa shape index (κ2) is 6.42. The predicted molar refractivity (Wildman–Crippen MR) is 92.0 cm³/mol. The Morgan fingerprint density at radius 2 is 2.17 bits per heavy atom. The maximum absolute atomic E-state index is 11.0. The van der Waals surface area contributed by atoms with E-state index in [1.54, 1.807) is 12.1 Å². The van der Waals surface area contributed by atoms with Crippen molar-refractivity contribution in [1.82, 2.24) is 9.55 Å². The Balaban J connectivity index is 2.24. The molecule has 0 spiro atoms. The molecule has 0 bridgehead atoms. The summed E-state index contributed by atoms with van der Waals surface area (Å²) >= 11 is 5.47. The average molecular weight is 327 g/mol. The number of fused-ring (bicyclic) bond motifs is 1. The molecule has 0 aliphatic heterocycles.